The molecule has 0 radical (unpaired) electrons. The van der Waals surface area contributed by atoms with Crippen molar-refractivity contribution in [3.8, 4) is 0 Å². The van der Waals surface area contributed by atoms with E-state index in [1.165, 1.54) is 11.3 Å². The molecule has 1 unspecified atom stereocenters. The smallest absolute Gasteiger partial charge is 0.312 e. The molecule has 2 aromatic rings. The van der Waals surface area contributed by atoms with Crippen molar-refractivity contribution in [1.82, 2.24) is 5.32 Å². The Morgan fingerprint density at radius 2 is 1.95 bits per heavy atom. The van der Waals surface area contributed by atoms with Gasteiger partial charge in [0.25, 0.3) is 0 Å². The van der Waals surface area contributed by atoms with Gasteiger partial charge in [0, 0.05) is 14.1 Å². The molecule has 0 aliphatic heterocycles. The number of primary amides is 1. The van der Waals surface area contributed by atoms with Gasteiger partial charge in [0.05, 0.1) is 12.5 Å². The van der Waals surface area contributed by atoms with Gasteiger partial charge in [-0.25, -0.2) is 4.79 Å². The summed E-state index contributed by atoms with van der Waals surface area (Å²) in [5.74, 6) is -0.177. The highest BCUT2D eigenvalue weighted by molar-refractivity contribution is 14.1. The number of hydrogen-bond donors (Lipinski definition) is 3. The summed E-state index contributed by atoms with van der Waals surface area (Å²) in [6, 6.07) is 10.2. The zero-order valence-corrected chi connectivity index (χ0v) is 14.0. The van der Waals surface area contributed by atoms with Gasteiger partial charge in [-0.3, -0.25) is 4.79 Å². The van der Waals surface area contributed by atoms with Crippen LogP contribution in [0.4, 0.5) is 10.5 Å². The molecule has 0 aliphatic carbocycles. The number of amides is 3. The summed E-state index contributed by atoms with van der Waals surface area (Å²) in [7, 11) is 0. The number of urea groups is 1. The Kier molecular flexibility index (Phi) is 5.57. The fourth-order valence-electron chi connectivity index (χ4n) is 1.81. The predicted octanol–water partition coefficient (Wildman–Crippen LogP) is 3.09. The number of thiophene rings is 1. The third kappa shape index (κ3) is 5.01. The number of nitrogens with one attached hydrogen (secondary N) is 2. The van der Waals surface area contributed by atoms with Gasteiger partial charge in [-0.05, 0) is 58.3 Å². The molecule has 4 N–H and O–H groups in total. The molecule has 1 aromatic carbocycles. The summed E-state index contributed by atoms with van der Waals surface area (Å²) in [5.41, 5.74) is 5.89. The second-order valence-corrected chi connectivity index (χ2v) is 6.56. The molecule has 7 heteroatoms. The van der Waals surface area contributed by atoms with Crippen molar-refractivity contribution >= 4 is 51.6 Å². The molecule has 5 nitrogen and oxygen atoms in total. The van der Waals surface area contributed by atoms with Crippen molar-refractivity contribution in [3.63, 3.8) is 0 Å². The first-order chi connectivity index (χ1) is 10.0. The van der Waals surface area contributed by atoms with E-state index in [9.17, 15) is 9.59 Å². The zero-order valence-electron chi connectivity index (χ0n) is 11.0. The van der Waals surface area contributed by atoms with Crippen LogP contribution in [-0.2, 0) is 4.79 Å². The van der Waals surface area contributed by atoms with E-state index in [-0.39, 0.29) is 12.3 Å². The molecule has 0 saturated heterocycles. The van der Waals surface area contributed by atoms with Crippen molar-refractivity contribution in [2.75, 3.05) is 5.32 Å². The number of nitrogens with two attached hydrogens (primary N) is 1. The monoisotopic (exact) mass is 415 g/mol. The van der Waals surface area contributed by atoms with Crippen LogP contribution in [-0.4, -0.2) is 11.9 Å². The number of benzene rings is 1. The number of hydrogen-bond acceptors (Lipinski definition) is 3. The van der Waals surface area contributed by atoms with E-state index in [1.54, 1.807) is 0 Å². The minimum atomic E-state index is -0.643. The number of rotatable bonds is 5. The van der Waals surface area contributed by atoms with Crippen LogP contribution in [0.5, 0.6) is 0 Å². The molecule has 0 bridgehead atoms. The molecule has 1 atom stereocenters. The molecule has 21 heavy (non-hydrogen) atoms. The van der Waals surface area contributed by atoms with Crippen LogP contribution in [0.15, 0.2) is 41.8 Å². The molecule has 0 saturated carbocycles. The first-order valence-corrected chi connectivity index (χ1v) is 8.15. The van der Waals surface area contributed by atoms with Gasteiger partial charge in [0.15, 0.2) is 0 Å². The van der Waals surface area contributed by atoms with Crippen molar-refractivity contribution in [2.24, 2.45) is 5.73 Å². The number of carbonyl (C=O) groups excluding carboxylic acids is 2. The Labute approximate surface area is 140 Å². The van der Waals surface area contributed by atoms with Crippen molar-refractivity contribution in [1.29, 1.82) is 0 Å². The van der Waals surface area contributed by atoms with E-state index in [4.69, 9.17) is 5.73 Å². The quantitative estimate of drug-likeness (QED) is 0.656. The number of carbonyl (C=O) groups is 2. The summed E-state index contributed by atoms with van der Waals surface area (Å²) in [6.45, 7) is 0. The molecule has 0 fully saturated rings. The molecular formula is C14H14IN3O2S. The molecular weight excluding hydrogens is 401 g/mol. The van der Waals surface area contributed by atoms with Gasteiger partial charge in [-0.2, -0.15) is 0 Å². The van der Waals surface area contributed by atoms with Crippen molar-refractivity contribution < 1.29 is 9.59 Å². The summed E-state index contributed by atoms with van der Waals surface area (Å²) >= 11 is 3.67. The van der Waals surface area contributed by atoms with Crippen LogP contribution < -0.4 is 16.4 Å². The highest BCUT2D eigenvalue weighted by Crippen LogP contribution is 2.22. The lowest BCUT2D eigenvalue weighted by molar-refractivity contribution is -0.116. The fourth-order valence-corrected chi connectivity index (χ4v) is 2.95. The average Bonchev–Trinajstić information content (AvgIpc) is 2.94. The van der Waals surface area contributed by atoms with Gasteiger partial charge in [0.1, 0.15) is 0 Å². The first-order valence-electron chi connectivity index (χ1n) is 6.19. The predicted molar refractivity (Wildman–Crippen MR) is 92.2 cm³/mol. The van der Waals surface area contributed by atoms with Gasteiger partial charge in [0.2, 0.25) is 5.91 Å². The summed E-state index contributed by atoms with van der Waals surface area (Å²) in [6.07, 6.45) is 0.134. The molecule has 0 spiro atoms. The van der Waals surface area contributed by atoms with Gasteiger partial charge in [-0.1, -0.05) is 6.07 Å². The lowest BCUT2D eigenvalue weighted by Gasteiger charge is -2.15. The summed E-state index contributed by atoms with van der Waals surface area (Å²) in [5, 5.41) is 7.29. The van der Waals surface area contributed by atoms with E-state index in [0.717, 1.165) is 14.1 Å². The van der Waals surface area contributed by atoms with Crippen molar-refractivity contribution in [3.05, 3.63) is 50.2 Å². The first kappa shape index (κ1) is 15.8. The van der Waals surface area contributed by atoms with Crippen LogP contribution in [0.3, 0.4) is 0 Å². The second-order valence-electron chi connectivity index (χ2n) is 4.34. The van der Waals surface area contributed by atoms with Gasteiger partial charge < -0.3 is 16.4 Å². The van der Waals surface area contributed by atoms with Crippen LogP contribution in [0.25, 0.3) is 0 Å². The average molecular weight is 415 g/mol. The highest BCUT2D eigenvalue weighted by atomic mass is 127. The van der Waals surface area contributed by atoms with Crippen LogP contribution >= 0.6 is 33.9 Å². The summed E-state index contributed by atoms with van der Waals surface area (Å²) in [4.78, 5) is 24.0. The topological polar surface area (TPSA) is 84.2 Å². The molecule has 0 aliphatic rings. The van der Waals surface area contributed by atoms with Gasteiger partial charge in [-0.15, -0.1) is 11.3 Å². The van der Waals surface area contributed by atoms with E-state index >= 15 is 0 Å². The van der Waals surface area contributed by atoms with E-state index < -0.39 is 12.1 Å². The SMILES string of the molecule is NC(=O)NC(CC(=O)Nc1ccc(I)cc1)c1cccs1. The normalized spacial score (nSPS) is 11.7. The van der Waals surface area contributed by atoms with Crippen molar-refractivity contribution in [2.45, 2.75) is 12.5 Å². The van der Waals surface area contributed by atoms with E-state index in [2.05, 4.69) is 33.2 Å². The fraction of sp³-hybridized carbons (Fsp3) is 0.143. The third-order valence-corrected chi connectivity index (χ3v) is 4.43. The van der Waals surface area contributed by atoms with Gasteiger partial charge >= 0.3 is 6.03 Å². The van der Waals surface area contributed by atoms with E-state index in [0.29, 0.717) is 0 Å². The Bertz CT molecular complexity index is 614. The minimum absolute atomic E-state index is 0.134. The minimum Gasteiger partial charge on any atom is -0.352 e. The lowest BCUT2D eigenvalue weighted by atomic mass is 10.1. The molecule has 3 amide bonds. The Morgan fingerprint density at radius 3 is 2.52 bits per heavy atom. The zero-order chi connectivity index (χ0) is 15.2. The maximum Gasteiger partial charge on any atom is 0.312 e. The van der Waals surface area contributed by atoms with E-state index in [1.807, 2.05) is 41.8 Å². The summed E-state index contributed by atoms with van der Waals surface area (Å²) < 4.78 is 1.09. The molecule has 1 heterocycles. The Morgan fingerprint density at radius 1 is 1.24 bits per heavy atom. The van der Waals surface area contributed by atoms with Crippen LogP contribution in [0.2, 0.25) is 0 Å². The van der Waals surface area contributed by atoms with Crippen LogP contribution in [0, 0.1) is 3.57 Å². The van der Waals surface area contributed by atoms with Crippen LogP contribution in [0.1, 0.15) is 17.3 Å². The third-order valence-electron chi connectivity index (χ3n) is 2.72. The molecule has 110 valence electrons. The second kappa shape index (κ2) is 7.41. The maximum atomic E-state index is 12.1. The largest absolute Gasteiger partial charge is 0.352 e. The standard InChI is InChI=1S/C14H14IN3O2S/c15-9-3-5-10(6-4-9)17-13(19)8-11(18-14(16)20)12-2-1-7-21-12/h1-7,11H,8H2,(H,17,19)(H3,16,18,20). The molecule has 1 aromatic heterocycles. The number of halogens is 1. The Hall–Kier alpha value is -1.61. The highest BCUT2D eigenvalue weighted by Gasteiger charge is 2.18. The lowest BCUT2D eigenvalue weighted by Crippen LogP contribution is -2.34. The number of anilines is 1. The maximum absolute atomic E-state index is 12.1. The Balaban J connectivity index is 2.01. The molecule has 2 rings (SSSR count).